The third-order valence-corrected chi connectivity index (χ3v) is 3.41. The molecule has 3 rings (SSSR count). The van der Waals surface area contributed by atoms with Crippen LogP contribution in [0.1, 0.15) is 10.4 Å². The van der Waals surface area contributed by atoms with E-state index in [2.05, 4.69) is 20.2 Å². The second-order valence-corrected chi connectivity index (χ2v) is 4.79. The topological polar surface area (TPSA) is 81.0 Å². The first-order valence-electron chi connectivity index (χ1n) is 6.41. The zero-order valence-electron chi connectivity index (χ0n) is 10.5. The van der Waals surface area contributed by atoms with Crippen molar-refractivity contribution in [3.05, 3.63) is 34.2 Å². The Labute approximate surface area is 109 Å². The maximum atomic E-state index is 12.2. The van der Waals surface area contributed by atoms with Gasteiger partial charge in [-0.2, -0.15) is 0 Å². The summed E-state index contributed by atoms with van der Waals surface area (Å²) in [6, 6.07) is 5.26. The fraction of sp³-hybridized carbons (Fsp3) is 0.385. The van der Waals surface area contributed by atoms with Crippen molar-refractivity contribution in [2.45, 2.75) is 0 Å². The SMILES string of the molecule is O=C(CN1CCNCC1)c1ccc2[nH]c(=O)[nH]c2c1. The number of hydrogen-bond donors (Lipinski definition) is 3. The van der Waals surface area contributed by atoms with E-state index in [1.54, 1.807) is 18.2 Å². The van der Waals surface area contributed by atoms with Crippen LogP contribution >= 0.6 is 0 Å². The van der Waals surface area contributed by atoms with Crippen molar-refractivity contribution in [2.75, 3.05) is 32.7 Å². The summed E-state index contributed by atoms with van der Waals surface area (Å²) in [5, 5.41) is 3.26. The molecule has 100 valence electrons. The lowest BCUT2D eigenvalue weighted by Gasteiger charge is -2.26. The predicted molar refractivity (Wildman–Crippen MR) is 72.6 cm³/mol. The summed E-state index contributed by atoms with van der Waals surface area (Å²) in [5.41, 5.74) is 1.79. The number of carbonyl (C=O) groups is 1. The van der Waals surface area contributed by atoms with Crippen molar-refractivity contribution in [1.29, 1.82) is 0 Å². The fourth-order valence-corrected chi connectivity index (χ4v) is 2.37. The summed E-state index contributed by atoms with van der Waals surface area (Å²) in [4.78, 5) is 30.9. The largest absolute Gasteiger partial charge is 0.323 e. The van der Waals surface area contributed by atoms with Crippen molar-refractivity contribution < 1.29 is 4.79 Å². The van der Waals surface area contributed by atoms with E-state index in [0.717, 1.165) is 31.7 Å². The average Bonchev–Trinajstić information content (AvgIpc) is 2.78. The first kappa shape index (κ1) is 12.1. The Bertz CT molecular complexity index is 652. The number of H-pyrrole nitrogens is 2. The Morgan fingerprint density at radius 1 is 1.16 bits per heavy atom. The molecule has 1 aliphatic rings. The molecule has 2 aromatic rings. The first-order valence-corrected chi connectivity index (χ1v) is 6.41. The van der Waals surface area contributed by atoms with Crippen LogP contribution in [0, 0.1) is 0 Å². The Kier molecular flexibility index (Phi) is 3.18. The maximum Gasteiger partial charge on any atom is 0.323 e. The molecule has 0 unspecified atom stereocenters. The molecule has 19 heavy (non-hydrogen) atoms. The molecule has 1 aliphatic heterocycles. The Morgan fingerprint density at radius 2 is 1.89 bits per heavy atom. The summed E-state index contributed by atoms with van der Waals surface area (Å²) in [6.45, 7) is 4.08. The maximum absolute atomic E-state index is 12.2. The molecule has 0 aliphatic carbocycles. The van der Waals surface area contributed by atoms with E-state index in [0.29, 0.717) is 17.6 Å². The van der Waals surface area contributed by atoms with E-state index in [4.69, 9.17) is 0 Å². The second-order valence-electron chi connectivity index (χ2n) is 4.79. The highest BCUT2D eigenvalue weighted by atomic mass is 16.1. The van der Waals surface area contributed by atoms with Crippen LogP contribution in [-0.2, 0) is 0 Å². The number of benzene rings is 1. The molecule has 3 N–H and O–H groups in total. The summed E-state index contributed by atoms with van der Waals surface area (Å²) in [6.07, 6.45) is 0. The van der Waals surface area contributed by atoms with Crippen LogP contribution in [0.25, 0.3) is 11.0 Å². The molecule has 1 aromatic carbocycles. The highest BCUT2D eigenvalue weighted by Gasteiger charge is 2.15. The second kappa shape index (κ2) is 4.99. The molecule has 0 atom stereocenters. The zero-order chi connectivity index (χ0) is 13.2. The van der Waals surface area contributed by atoms with Gasteiger partial charge in [-0.25, -0.2) is 4.79 Å². The van der Waals surface area contributed by atoms with Gasteiger partial charge >= 0.3 is 5.69 Å². The standard InChI is InChI=1S/C13H16N4O2/c18-12(8-17-5-3-14-4-6-17)9-1-2-10-11(7-9)16-13(19)15-10/h1-2,7,14H,3-6,8H2,(H2,15,16,19). The highest BCUT2D eigenvalue weighted by Crippen LogP contribution is 2.11. The van der Waals surface area contributed by atoms with E-state index >= 15 is 0 Å². The van der Waals surface area contributed by atoms with Gasteiger partial charge < -0.3 is 15.3 Å². The first-order chi connectivity index (χ1) is 9.22. The van der Waals surface area contributed by atoms with Gasteiger partial charge in [-0.3, -0.25) is 9.69 Å². The molecular formula is C13H16N4O2. The van der Waals surface area contributed by atoms with E-state index < -0.39 is 0 Å². The number of hydrogen-bond acceptors (Lipinski definition) is 4. The number of aromatic nitrogens is 2. The van der Waals surface area contributed by atoms with Gasteiger partial charge in [0.2, 0.25) is 0 Å². The summed E-state index contributed by atoms with van der Waals surface area (Å²) in [7, 11) is 0. The lowest BCUT2D eigenvalue weighted by atomic mass is 10.1. The number of aromatic amines is 2. The van der Waals surface area contributed by atoms with Crippen LogP contribution in [0.15, 0.2) is 23.0 Å². The van der Waals surface area contributed by atoms with Crippen LogP contribution in [0.2, 0.25) is 0 Å². The molecule has 0 spiro atoms. The molecule has 0 saturated carbocycles. The number of ketones is 1. The number of Topliss-reactive ketones (excluding diaryl/α,β-unsaturated/α-hetero) is 1. The molecule has 1 fully saturated rings. The van der Waals surface area contributed by atoms with E-state index in [1.807, 2.05) is 0 Å². The average molecular weight is 260 g/mol. The van der Waals surface area contributed by atoms with Gasteiger partial charge in [0.15, 0.2) is 5.78 Å². The van der Waals surface area contributed by atoms with Crippen molar-refractivity contribution >= 4 is 16.8 Å². The van der Waals surface area contributed by atoms with Crippen LogP contribution in [0.5, 0.6) is 0 Å². The number of piperazine rings is 1. The number of nitrogens with zero attached hydrogens (tertiary/aromatic N) is 1. The molecule has 6 nitrogen and oxygen atoms in total. The predicted octanol–water partition coefficient (Wildman–Crippen LogP) is -0.0559. The van der Waals surface area contributed by atoms with Gasteiger partial charge in [0, 0.05) is 31.7 Å². The van der Waals surface area contributed by atoms with Gasteiger partial charge in [0.1, 0.15) is 0 Å². The minimum atomic E-state index is -0.248. The summed E-state index contributed by atoms with van der Waals surface area (Å²) >= 11 is 0. The van der Waals surface area contributed by atoms with Gasteiger partial charge in [-0.1, -0.05) is 0 Å². The van der Waals surface area contributed by atoms with Crippen LogP contribution in [0.4, 0.5) is 0 Å². The van der Waals surface area contributed by atoms with Crippen LogP contribution in [0.3, 0.4) is 0 Å². The number of nitrogens with one attached hydrogen (secondary N) is 3. The van der Waals surface area contributed by atoms with Crippen LogP contribution < -0.4 is 11.0 Å². The minimum Gasteiger partial charge on any atom is -0.314 e. The Balaban J connectivity index is 1.78. The Morgan fingerprint density at radius 3 is 2.68 bits per heavy atom. The molecular weight excluding hydrogens is 244 g/mol. The van der Waals surface area contributed by atoms with Crippen molar-refractivity contribution in [2.24, 2.45) is 0 Å². The smallest absolute Gasteiger partial charge is 0.314 e. The van der Waals surface area contributed by atoms with E-state index in [-0.39, 0.29) is 11.5 Å². The fourth-order valence-electron chi connectivity index (χ4n) is 2.37. The quantitative estimate of drug-likeness (QED) is 0.676. The molecule has 6 heteroatoms. The number of fused-ring (bicyclic) bond motifs is 1. The molecule has 0 bridgehead atoms. The molecule has 2 heterocycles. The number of imidazole rings is 1. The van der Waals surface area contributed by atoms with Crippen molar-refractivity contribution in [1.82, 2.24) is 20.2 Å². The lowest BCUT2D eigenvalue weighted by Crippen LogP contribution is -2.45. The summed E-state index contributed by atoms with van der Waals surface area (Å²) in [5.74, 6) is 0.0887. The Hall–Kier alpha value is -1.92. The minimum absolute atomic E-state index is 0.0887. The van der Waals surface area contributed by atoms with Crippen molar-refractivity contribution in [3.63, 3.8) is 0 Å². The third kappa shape index (κ3) is 2.59. The molecule has 1 aromatic heterocycles. The summed E-state index contributed by atoms with van der Waals surface area (Å²) < 4.78 is 0. The van der Waals surface area contributed by atoms with Gasteiger partial charge in [0.25, 0.3) is 0 Å². The monoisotopic (exact) mass is 260 g/mol. The highest BCUT2D eigenvalue weighted by molar-refractivity contribution is 6.00. The van der Waals surface area contributed by atoms with Crippen molar-refractivity contribution in [3.8, 4) is 0 Å². The number of rotatable bonds is 3. The van der Waals surface area contributed by atoms with E-state index in [1.165, 1.54) is 0 Å². The van der Waals surface area contributed by atoms with Crippen LogP contribution in [-0.4, -0.2) is 53.4 Å². The van der Waals surface area contributed by atoms with Gasteiger partial charge in [0.05, 0.1) is 17.6 Å². The molecule has 1 saturated heterocycles. The van der Waals surface area contributed by atoms with Gasteiger partial charge in [-0.05, 0) is 18.2 Å². The molecule has 0 radical (unpaired) electrons. The lowest BCUT2D eigenvalue weighted by molar-refractivity contribution is 0.0921. The number of carbonyl (C=O) groups excluding carboxylic acids is 1. The van der Waals surface area contributed by atoms with Gasteiger partial charge in [-0.15, -0.1) is 0 Å². The van der Waals surface area contributed by atoms with E-state index in [9.17, 15) is 9.59 Å². The third-order valence-electron chi connectivity index (χ3n) is 3.41. The molecule has 0 amide bonds. The zero-order valence-corrected chi connectivity index (χ0v) is 10.5. The normalized spacial score (nSPS) is 16.8.